The van der Waals surface area contributed by atoms with Crippen molar-refractivity contribution >= 4 is 26.8 Å². The maximum absolute atomic E-state index is 15.8. The molecular weight excluding hydrogens is 560 g/mol. The predicted octanol–water partition coefficient (Wildman–Crippen LogP) is 9.90. The maximum Gasteiger partial charge on any atom is 0.132 e. The molecule has 7 heteroatoms. The van der Waals surface area contributed by atoms with Gasteiger partial charge in [0.25, 0.3) is 0 Å². The first-order valence-electron chi connectivity index (χ1n) is 14.4. The molecule has 1 heterocycles. The summed E-state index contributed by atoms with van der Waals surface area (Å²) < 4.78 is 63.7. The third kappa shape index (κ3) is 6.00. The molecule has 1 saturated carbocycles. The summed E-state index contributed by atoms with van der Waals surface area (Å²) in [5, 5.41) is 0.256. The van der Waals surface area contributed by atoms with E-state index in [2.05, 4.69) is 28.7 Å². The lowest BCUT2D eigenvalue weighted by molar-refractivity contribution is 0.351. The second kappa shape index (κ2) is 12.7. The van der Waals surface area contributed by atoms with Crippen LogP contribution in [0.15, 0.2) is 97.1 Å². The Morgan fingerprint density at radius 3 is 1.49 bits per heavy atom. The molecule has 0 bridgehead atoms. The first-order chi connectivity index (χ1) is 20.0. The summed E-state index contributed by atoms with van der Waals surface area (Å²) >= 11 is 0. The van der Waals surface area contributed by atoms with E-state index < -0.39 is 39.4 Å². The van der Waals surface area contributed by atoms with Gasteiger partial charge in [0.1, 0.15) is 23.3 Å². The highest BCUT2D eigenvalue weighted by molar-refractivity contribution is 7.79. The minimum atomic E-state index is -1.92. The number of hydrogen-bond acceptors (Lipinski definition) is 1. The first-order valence-corrected chi connectivity index (χ1v) is 17.1. The molecule has 4 aromatic carbocycles. The SMILES string of the molecule is Fc1ccc(F)c(P(c2cc(F)ccc2F)N(C2CCCCC2)P2[C@H](c3ccccc3)CC[C@H]2c2ccccc2)c1. The van der Waals surface area contributed by atoms with Crippen molar-refractivity contribution in [2.75, 3.05) is 0 Å². The van der Waals surface area contributed by atoms with E-state index in [1.54, 1.807) is 0 Å². The van der Waals surface area contributed by atoms with E-state index in [0.717, 1.165) is 69.2 Å². The summed E-state index contributed by atoms with van der Waals surface area (Å²) in [4.78, 5) is 0. The van der Waals surface area contributed by atoms with Crippen LogP contribution in [0.25, 0.3) is 0 Å². The Morgan fingerprint density at radius 1 is 0.561 bits per heavy atom. The second-order valence-corrected chi connectivity index (χ2v) is 15.7. The molecule has 212 valence electrons. The van der Waals surface area contributed by atoms with Gasteiger partial charge < -0.3 is 0 Å². The summed E-state index contributed by atoms with van der Waals surface area (Å²) in [6, 6.07) is 27.7. The van der Waals surface area contributed by atoms with Crippen LogP contribution in [0.2, 0.25) is 0 Å². The minimum Gasteiger partial charge on any atom is -0.248 e. The molecule has 1 aliphatic carbocycles. The average Bonchev–Trinajstić information content (AvgIpc) is 3.44. The molecule has 1 saturated heterocycles. The lowest BCUT2D eigenvalue weighted by Gasteiger charge is -2.47. The van der Waals surface area contributed by atoms with Crippen molar-refractivity contribution in [2.24, 2.45) is 0 Å². The Kier molecular flexibility index (Phi) is 8.87. The number of hydrogen-bond donors (Lipinski definition) is 0. The molecule has 4 aromatic rings. The van der Waals surface area contributed by atoms with Crippen molar-refractivity contribution in [3.63, 3.8) is 0 Å². The highest BCUT2D eigenvalue weighted by atomic mass is 31.2. The topological polar surface area (TPSA) is 3.24 Å². The van der Waals surface area contributed by atoms with Crippen LogP contribution in [0, 0.1) is 23.3 Å². The average molecular weight is 594 g/mol. The van der Waals surface area contributed by atoms with Gasteiger partial charge in [-0.2, -0.15) is 0 Å². The van der Waals surface area contributed by atoms with Gasteiger partial charge in [0.05, 0.1) is 0 Å². The normalized spacial score (nSPS) is 20.2. The minimum absolute atomic E-state index is 0.0573. The molecule has 0 spiro atoms. The fourth-order valence-electron chi connectivity index (χ4n) is 6.49. The lowest BCUT2D eigenvalue weighted by atomic mass is 9.96. The summed E-state index contributed by atoms with van der Waals surface area (Å²) in [6.07, 6.45) is 6.85. The first kappa shape index (κ1) is 28.5. The third-order valence-corrected chi connectivity index (χ3v) is 15.0. The van der Waals surface area contributed by atoms with Crippen LogP contribution >= 0.6 is 16.1 Å². The molecule has 2 aliphatic rings. The largest absolute Gasteiger partial charge is 0.248 e. The molecular formula is C34H33F4NP2. The van der Waals surface area contributed by atoms with E-state index in [-0.39, 0.29) is 28.0 Å². The molecule has 0 aromatic heterocycles. The Balaban J connectivity index is 1.61. The standard InChI is InChI=1S/C34H33F4NP2/c35-26-16-18-29(37)33(22-26)41(34-23-27(36)17-19-30(34)38)39(28-14-8-3-9-15-28)40-31(24-10-4-1-5-11-24)20-21-32(40)25-12-6-2-7-13-25/h1-2,4-7,10-13,16-19,22-23,28,31-32H,3,8-9,14-15,20-21H2/t31-,32-/m0/s1. The number of benzene rings is 4. The van der Waals surface area contributed by atoms with Gasteiger partial charge in [0.2, 0.25) is 0 Å². The zero-order chi connectivity index (χ0) is 28.3. The van der Waals surface area contributed by atoms with Crippen LogP contribution in [0.1, 0.15) is 67.4 Å². The van der Waals surface area contributed by atoms with E-state index in [0.29, 0.717) is 0 Å². The van der Waals surface area contributed by atoms with E-state index in [9.17, 15) is 8.78 Å². The van der Waals surface area contributed by atoms with Crippen molar-refractivity contribution in [2.45, 2.75) is 62.3 Å². The molecule has 0 N–H and O–H groups in total. The maximum atomic E-state index is 15.8. The molecule has 0 radical (unpaired) electrons. The third-order valence-electron chi connectivity index (χ3n) is 8.34. The van der Waals surface area contributed by atoms with Crippen molar-refractivity contribution in [1.82, 2.24) is 4.44 Å². The molecule has 2 atom stereocenters. The molecule has 41 heavy (non-hydrogen) atoms. The molecule has 1 aliphatic heterocycles. The predicted molar refractivity (Wildman–Crippen MR) is 162 cm³/mol. The van der Waals surface area contributed by atoms with Gasteiger partial charge in [-0.05, 0) is 81.3 Å². The summed E-state index contributed by atoms with van der Waals surface area (Å²) in [6.45, 7) is 0. The molecule has 0 amide bonds. The van der Waals surface area contributed by atoms with Crippen molar-refractivity contribution < 1.29 is 17.6 Å². The smallest absolute Gasteiger partial charge is 0.132 e. The molecule has 1 nitrogen and oxygen atoms in total. The van der Waals surface area contributed by atoms with E-state index in [1.807, 2.05) is 36.4 Å². The van der Waals surface area contributed by atoms with Gasteiger partial charge in [0.15, 0.2) is 0 Å². The van der Waals surface area contributed by atoms with Crippen molar-refractivity contribution in [1.29, 1.82) is 0 Å². The van der Waals surface area contributed by atoms with E-state index in [1.165, 1.54) is 23.3 Å². The van der Waals surface area contributed by atoms with Crippen LogP contribution in [0.4, 0.5) is 17.6 Å². The summed E-state index contributed by atoms with van der Waals surface area (Å²) in [7, 11) is -2.98. The van der Waals surface area contributed by atoms with Crippen LogP contribution < -0.4 is 10.6 Å². The van der Waals surface area contributed by atoms with Crippen LogP contribution in [0.3, 0.4) is 0 Å². The van der Waals surface area contributed by atoms with Crippen LogP contribution in [-0.2, 0) is 0 Å². The van der Waals surface area contributed by atoms with Gasteiger partial charge >= 0.3 is 0 Å². The lowest BCUT2D eigenvalue weighted by Crippen LogP contribution is -2.37. The Morgan fingerprint density at radius 2 is 1.02 bits per heavy atom. The van der Waals surface area contributed by atoms with E-state index >= 15 is 8.78 Å². The number of halogens is 4. The van der Waals surface area contributed by atoms with Crippen LogP contribution in [-0.4, -0.2) is 10.5 Å². The Hall–Kier alpha value is -2.58. The van der Waals surface area contributed by atoms with Crippen molar-refractivity contribution in [3.05, 3.63) is 131 Å². The number of nitrogens with zero attached hydrogens (tertiary/aromatic N) is 1. The molecule has 6 rings (SSSR count). The molecule has 2 fully saturated rings. The quantitative estimate of drug-likeness (QED) is 0.152. The summed E-state index contributed by atoms with van der Waals surface area (Å²) in [5.74, 6) is -2.31. The van der Waals surface area contributed by atoms with Crippen LogP contribution in [0.5, 0.6) is 0 Å². The van der Waals surface area contributed by atoms with Gasteiger partial charge in [0, 0.05) is 36.0 Å². The zero-order valence-electron chi connectivity index (χ0n) is 22.8. The van der Waals surface area contributed by atoms with Crippen molar-refractivity contribution in [3.8, 4) is 0 Å². The number of rotatable bonds is 7. The van der Waals surface area contributed by atoms with Gasteiger partial charge in [-0.25, -0.2) is 22.0 Å². The highest BCUT2D eigenvalue weighted by Crippen LogP contribution is 2.77. The van der Waals surface area contributed by atoms with E-state index in [4.69, 9.17) is 0 Å². The fourth-order valence-corrected chi connectivity index (χ4v) is 14.3. The Labute approximate surface area is 242 Å². The highest BCUT2D eigenvalue weighted by Gasteiger charge is 2.47. The van der Waals surface area contributed by atoms with Gasteiger partial charge in [-0.1, -0.05) is 79.9 Å². The Bertz CT molecular complexity index is 1360. The summed E-state index contributed by atoms with van der Waals surface area (Å²) in [5.41, 5.74) is 2.76. The molecule has 0 unspecified atom stereocenters. The fraction of sp³-hybridized carbons (Fsp3) is 0.294. The second-order valence-electron chi connectivity index (χ2n) is 10.9. The van der Waals surface area contributed by atoms with Gasteiger partial charge in [-0.15, -0.1) is 0 Å². The monoisotopic (exact) mass is 593 g/mol. The zero-order valence-corrected chi connectivity index (χ0v) is 24.6. The van der Waals surface area contributed by atoms with Gasteiger partial charge in [-0.3, -0.25) is 0 Å².